The number of aromatic hydroxyl groups is 2. The number of likely N-dealkylation sites (tertiary alicyclic amines) is 1. The van der Waals surface area contributed by atoms with Crippen molar-refractivity contribution in [3.8, 4) is 11.5 Å². The average Bonchev–Trinajstić information content (AvgIpc) is 2.51. The van der Waals surface area contributed by atoms with Gasteiger partial charge in [0.25, 0.3) is 5.91 Å². The van der Waals surface area contributed by atoms with Crippen molar-refractivity contribution in [3.05, 3.63) is 23.8 Å². The smallest absolute Gasteiger partial charge is 0.393 e. The molecule has 132 valence electrons. The number of nitrogens with zero attached hydrogens (tertiary/aromatic N) is 1. The Morgan fingerprint density at radius 2 is 2.00 bits per heavy atom. The van der Waals surface area contributed by atoms with Crippen LogP contribution in [0.3, 0.4) is 0 Å². The number of hydrogen-bond donors (Lipinski definition) is 2. The van der Waals surface area contributed by atoms with Crippen LogP contribution in [0.1, 0.15) is 23.2 Å². The summed E-state index contributed by atoms with van der Waals surface area (Å²) >= 11 is 0. The van der Waals surface area contributed by atoms with Crippen molar-refractivity contribution in [2.75, 3.05) is 19.7 Å². The van der Waals surface area contributed by atoms with E-state index in [4.69, 9.17) is 9.84 Å². The minimum absolute atomic E-state index is 0.0333. The maximum absolute atomic E-state index is 12.7. The molecule has 0 aromatic heterocycles. The normalized spacial score (nSPS) is 18.3. The van der Waals surface area contributed by atoms with Gasteiger partial charge in [0.1, 0.15) is 17.1 Å². The van der Waals surface area contributed by atoms with Crippen molar-refractivity contribution >= 4 is 11.9 Å². The molecule has 0 unspecified atom stereocenters. The van der Waals surface area contributed by atoms with Gasteiger partial charge in [0.15, 0.2) is 6.61 Å². The number of carbonyl (C=O) groups excluding carboxylic acids is 2. The van der Waals surface area contributed by atoms with Gasteiger partial charge in [-0.2, -0.15) is 13.2 Å². The summed E-state index contributed by atoms with van der Waals surface area (Å²) in [5.41, 5.74) is -0.257. The zero-order valence-electron chi connectivity index (χ0n) is 12.5. The van der Waals surface area contributed by atoms with E-state index in [0.29, 0.717) is 0 Å². The number of alkyl halides is 3. The summed E-state index contributed by atoms with van der Waals surface area (Å²) in [5, 5.41) is 18.7. The molecule has 1 saturated heterocycles. The van der Waals surface area contributed by atoms with Crippen molar-refractivity contribution in [1.82, 2.24) is 4.90 Å². The predicted molar refractivity (Wildman–Crippen MR) is 75.4 cm³/mol. The number of esters is 1. The second-order valence-electron chi connectivity index (χ2n) is 5.50. The summed E-state index contributed by atoms with van der Waals surface area (Å²) in [6, 6.07) is 3.19. The third-order valence-electron chi connectivity index (χ3n) is 3.76. The molecule has 1 amide bonds. The highest BCUT2D eigenvalue weighted by Crippen LogP contribution is 2.33. The Bertz CT molecular complexity index is 632. The predicted octanol–water partition coefficient (Wildman–Crippen LogP) is 2.06. The van der Waals surface area contributed by atoms with Gasteiger partial charge in [-0.05, 0) is 25.0 Å². The van der Waals surface area contributed by atoms with Crippen LogP contribution in [-0.2, 0) is 9.53 Å². The lowest BCUT2D eigenvalue weighted by Crippen LogP contribution is -2.46. The van der Waals surface area contributed by atoms with Crippen LogP contribution in [-0.4, -0.2) is 52.9 Å². The summed E-state index contributed by atoms with van der Waals surface area (Å²) in [5.74, 6) is -4.10. The van der Waals surface area contributed by atoms with Gasteiger partial charge in [-0.3, -0.25) is 4.79 Å². The molecule has 0 radical (unpaired) electrons. The zero-order chi connectivity index (χ0) is 17.9. The highest BCUT2D eigenvalue weighted by atomic mass is 19.4. The van der Waals surface area contributed by atoms with Crippen LogP contribution < -0.4 is 0 Å². The Balaban J connectivity index is 1.91. The van der Waals surface area contributed by atoms with Crippen molar-refractivity contribution in [1.29, 1.82) is 0 Å². The molecule has 6 nitrogen and oxygen atoms in total. The molecular weight excluding hydrogens is 331 g/mol. The number of amides is 1. The quantitative estimate of drug-likeness (QED) is 0.818. The van der Waals surface area contributed by atoms with E-state index >= 15 is 0 Å². The second kappa shape index (κ2) is 6.98. The molecule has 24 heavy (non-hydrogen) atoms. The zero-order valence-corrected chi connectivity index (χ0v) is 12.5. The minimum atomic E-state index is -4.37. The van der Waals surface area contributed by atoms with E-state index < -0.39 is 42.9 Å². The number of rotatable bonds is 3. The molecule has 1 aromatic rings. The highest BCUT2D eigenvalue weighted by Gasteiger charge is 2.42. The number of benzene rings is 1. The van der Waals surface area contributed by atoms with E-state index in [1.165, 1.54) is 0 Å². The lowest BCUT2D eigenvalue weighted by Gasteiger charge is -2.33. The molecule has 0 aliphatic carbocycles. The Kier molecular flexibility index (Phi) is 5.20. The molecule has 9 heteroatoms. The third-order valence-corrected chi connectivity index (χ3v) is 3.76. The van der Waals surface area contributed by atoms with Crippen LogP contribution in [0.15, 0.2) is 18.2 Å². The van der Waals surface area contributed by atoms with Crippen molar-refractivity contribution in [2.24, 2.45) is 5.92 Å². The van der Waals surface area contributed by atoms with Crippen LogP contribution in [0.25, 0.3) is 0 Å². The first-order chi connectivity index (χ1) is 11.2. The van der Waals surface area contributed by atoms with Gasteiger partial charge in [0, 0.05) is 19.2 Å². The lowest BCUT2D eigenvalue weighted by molar-refractivity contribution is -0.188. The maximum atomic E-state index is 12.7. The van der Waals surface area contributed by atoms with Gasteiger partial charge in [-0.25, -0.2) is 4.79 Å². The monoisotopic (exact) mass is 347 g/mol. The van der Waals surface area contributed by atoms with E-state index in [1.54, 1.807) is 0 Å². The Morgan fingerprint density at radius 3 is 2.62 bits per heavy atom. The number of piperidine rings is 1. The fourth-order valence-corrected chi connectivity index (χ4v) is 2.46. The number of carbonyl (C=O) groups is 2. The van der Waals surface area contributed by atoms with E-state index in [1.807, 2.05) is 0 Å². The van der Waals surface area contributed by atoms with Gasteiger partial charge in [0.05, 0.1) is 5.92 Å². The Labute approximate surface area is 135 Å². The minimum Gasteiger partial charge on any atom is -0.508 e. The topological polar surface area (TPSA) is 87.1 Å². The molecule has 2 rings (SSSR count). The van der Waals surface area contributed by atoms with Crippen LogP contribution in [0.5, 0.6) is 11.5 Å². The molecular formula is C15H16F3NO5. The summed E-state index contributed by atoms with van der Waals surface area (Å²) in [4.78, 5) is 24.7. The number of phenols is 2. The first-order valence-electron chi connectivity index (χ1n) is 7.22. The SMILES string of the molecule is O=C(OCC(=O)N1CCC[C@H](C(F)(F)F)C1)c1ccc(O)cc1O. The van der Waals surface area contributed by atoms with Crippen molar-refractivity contribution in [2.45, 2.75) is 19.0 Å². The number of halogens is 3. The second-order valence-corrected chi connectivity index (χ2v) is 5.50. The molecule has 1 atom stereocenters. The standard InChI is InChI=1S/C15H16F3NO5/c16-15(17,18)9-2-1-5-19(7-9)13(22)8-24-14(23)11-4-3-10(20)6-12(11)21/h3-4,6,9,20-21H,1-2,5,7-8H2/t9-/m0/s1. The van der Waals surface area contributed by atoms with E-state index in [9.17, 15) is 27.9 Å². The summed E-state index contributed by atoms with van der Waals surface area (Å²) in [6.07, 6.45) is -4.18. The fourth-order valence-electron chi connectivity index (χ4n) is 2.46. The fraction of sp³-hybridized carbons (Fsp3) is 0.467. The first kappa shape index (κ1) is 17.9. The molecule has 2 N–H and O–H groups in total. The van der Waals surface area contributed by atoms with Gasteiger partial charge in [0.2, 0.25) is 0 Å². The first-order valence-corrected chi connectivity index (χ1v) is 7.22. The molecule has 1 aromatic carbocycles. The van der Waals surface area contributed by atoms with Crippen molar-refractivity contribution < 1.29 is 37.7 Å². The number of phenolic OH excluding ortho intramolecular Hbond substituents is 2. The molecule has 0 saturated carbocycles. The number of ether oxygens (including phenoxy) is 1. The third kappa shape index (κ3) is 4.30. The van der Waals surface area contributed by atoms with Crippen LogP contribution in [0.4, 0.5) is 13.2 Å². The number of hydrogen-bond acceptors (Lipinski definition) is 5. The van der Waals surface area contributed by atoms with Crippen LogP contribution in [0, 0.1) is 5.92 Å². The van der Waals surface area contributed by atoms with Crippen LogP contribution in [0.2, 0.25) is 0 Å². The van der Waals surface area contributed by atoms with Gasteiger partial charge >= 0.3 is 12.1 Å². The Morgan fingerprint density at radius 1 is 1.29 bits per heavy atom. The van der Waals surface area contributed by atoms with E-state index in [2.05, 4.69) is 0 Å². The molecule has 0 spiro atoms. The largest absolute Gasteiger partial charge is 0.508 e. The van der Waals surface area contributed by atoms with Crippen LogP contribution >= 0.6 is 0 Å². The molecule has 1 aliphatic rings. The van der Waals surface area contributed by atoms with E-state index in [0.717, 1.165) is 23.1 Å². The summed E-state index contributed by atoms with van der Waals surface area (Å²) in [7, 11) is 0. The van der Waals surface area contributed by atoms with E-state index in [-0.39, 0.29) is 30.7 Å². The molecule has 1 fully saturated rings. The lowest BCUT2D eigenvalue weighted by atomic mass is 9.97. The highest BCUT2D eigenvalue weighted by molar-refractivity contribution is 5.94. The van der Waals surface area contributed by atoms with Gasteiger partial charge in [-0.15, -0.1) is 0 Å². The van der Waals surface area contributed by atoms with Gasteiger partial charge < -0.3 is 19.8 Å². The van der Waals surface area contributed by atoms with Gasteiger partial charge in [-0.1, -0.05) is 0 Å². The summed E-state index contributed by atoms with van der Waals surface area (Å²) in [6.45, 7) is -0.999. The van der Waals surface area contributed by atoms with Crippen molar-refractivity contribution in [3.63, 3.8) is 0 Å². The molecule has 1 heterocycles. The Hall–Kier alpha value is -2.45. The maximum Gasteiger partial charge on any atom is 0.393 e. The summed E-state index contributed by atoms with van der Waals surface area (Å²) < 4.78 is 42.9. The molecule has 0 bridgehead atoms. The average molecular weight is 347 g/mol. The molecule has 1 aliphatic heterocycles.